The van der Waals surface area contributed by atoms with Crippen molar-refractivity contribution in [2.24, 2.45) is 7.05 Å². The Morgan fingerprint density at radius 1 is 1.35 bits per heavy atom. The number of ketones is 1. The van der Waals surface area contributed by atoms with Crippen molar-refractivity contribution in [3.8, 4) is 0 Å². The van der Waals surface area contributed by atoms with Crippen LogP contribution in [0.4, 0.5) is 5.69 Å². The van der Waals surface area contributed by atoms with Crippen LogP contribution in [0.1, 0.15) is 55.5 Å². The number of carbonyl (C=O) groups excluding carboxylic acids is 2. The predicted octanol–water partition coefficient (Wildman–Crippen LogP) is 3.26. The number of anilines is 1. The Morgan fingerprint density at radius 3 is 2.62 bits per heavy atom. The lowest BCUT2D eigenvalue weighted by Crippen LogP contribution is -2.39. The van der Waals surface area contributed by atoms with Crippen LogP contribution in [0.15, 0.2) is 12.3 Å². The van der Waals surface area contributed by atoms with Crippen molar-refractivity contribution in [1.29, 1.82) is 0 Å². The maximum absolute atomic E-state index is 12.4. The average molecular weight is 357 g/mol. The Bertz CT molecular complexity index is 830. The molecule has 0 bridgehead atoms. The van der Waals surface area contributed by atoms with Crippen molar-refractivity contribution in [3.63, 3.8) is 0 Å². The first-order chi connectivity index (χ1) is 12.5. The van der Waals surface area contributed by atoms with Crippen molar-refractivity contribution >= 4 is 28.3 Å². The number of aromatic nitrogens is 2. The number of carbonyl (C=O) groups is 2. The molecule has 3 rings (SSSR count). The van der Waals surface area contributed by atoms with Gasteiger partial charge < -0.3 is 9.64 Å². The highest BCUT2D eigenvalue weighted by atomic mass is 16.5. The second-order valence-electron chi connectivity index (χ2n) is 6.85. The molecule has 0 spiro atoms. The summed E-state index contributed by atoms with van der Waals surface area (Å²) in [7, 11) is 3.30. The molecule has 1 aliphatic rings. The third-order valence-electron chi connectivity index (χ3n) is 5.47. The SMILES string of the molecule is CCc1c(C(=O)OC)cc2c(cnn2C)c1N(CC)C1CCC(=O)CC1. The first-order valence-corrected chi connectivity index (χ1v) is 9.36. The average Bonchev–Trinajstić information content (AvgIpc) is 3.03. The smallest absolute Gasteiger partial charge is 0.338 e. The van der Waals surface area contributed by atoms with Gasteiger partial charge in [-0.15, -0.1) is 0 Å². The van der Waals surface area contributed by atoms with E-state index in [0.717, 1.165) is 48.0 Å². The molecule has 0 amide bonds. The van der Waals surface area contributed by atoms with Gasteiger partial charge in [-0.2, -0.15) is 5.10 Å². The Labute approximate surface area is 154 Å². The molecule has 0 saturated heterocycles. The molecule has 1 heterocycles. The van der Waals surface area contributed by atoms with E-state index >= 15 is 0 Å². The van der Waals surface area contributed by atoms with E-state index in [0.29, 0.717) is 30.2 Å². The molecule has 0 unspecified atom stereocenters. The quantitative estimate of drug-likeness (QED) is 0.769. The van der Waals surface area contributed by atoms with Crippen LogP contribution < -0.4 is 4.90 Å². The first kappa shape index (κ1) is 18.4. The Morgan fingerprint density at radius 2 is 2.04 bits per heavy atom. The van der Waals surface area contributed by atoms with Crippen molar-refractivity contribution in [3.05, 3.63) is 23.4 Å². The van der Waals surface area contributed by atoms with Gasteiger partial charge in [0.25, 0.3) is 0 Å². The summed E-state index contributed by atoms with van der Waals surface area (Å²) in [5.41, 5.74) is 3.59. The number of methoxy groups -OCH3 is 1. The van der Waals surface area contributed by atoms with Crippen molar-refractivity contribution < 1.29 is 14.3 Å². The third-order valence-corrected chi connectivity index (χ3v) is 5.47. The zero-order valence-electron chi connectivity index (χ0n) is 16.0. The summed E-state index contributed by atoms with van der Waals surface area (Å²) in [5.74, 6) is 0.0314. The summed E-state index contributed by atoms with van der Waals surface area (Å²) in [4.78, 5) is 26.5. The number of benzene rings is 1. The number of hydrogen-bond donors (Lipinski definition) is 0. The fraction of sp³-hybridized carbons (Fsp3) is 0.550. The lowest BCUT2D eigenvalue weighted by Gasteiger charge is -2.37. The maximum Gasteiger partial charge on any atom is 0.338 e. The molecule has 1 aromatic carbocycles. The van der Waals surface area contributed by atoms with Crippen molar-refractivity contribution in [2.75, 3.05) is 18.6 Å². The Hall–Kier alpha value is -2.37. The van der Waals surface area contributed by atoms with Gasteiger partial charge in [-0.3, -0.25) is 9.48 Å². The Balaban J connectivity index is 2.21. The van der Waals surface area contributed by atoms with Crippen LogP contribution in [-0.4, -0.2) is 41.2 Å². The summed E-state index contributed by atoms with van der Waals surface area (Å²) >= 11 is 0. The lowest BCUT2D eigenvalue weighted by molar-refractivity contribution is -0.120. The minimum Gasteiger partial charge on any atom is -0.465 e. The normalized spacial score (nSPS) is 15.5. The molecular formula is C20H27N3O3. The molecule has 1 aliphatic carbocycles. The van der Waals surface area contributed by atoms with E-state index in [1.807, 2.05) is 19.3 Å². The zero-order chi connectivity index (χ0) is 18.8. The standard InChI is InChI=1S/C20H27N3O3/c1-5-15-16(20(25)26-4)11-18-17(12-21-22(18)3)19(15)23(6-2)13-7-9-14(24)10-8-13/h11-13H,5-10H2,1-4H3. The number of hydrogen-bond acceptors (Lipinski definition) is 5. The molecule has 0 radical (unpaired) electrons. The second-order valence-corrected chi connectivity index (χ2v) is 6.85. The van der Waals surface area contributed by atoms with Crippen LogP contribution >= 0.6 is 0 Å². The number of fused-ring (bicyclic) bond motifs is 1. The highest BCUT2D eigenvalue weighted by molar-refractivity contribution is 6.03. The number of rotatable bonds is 5. The van der Waals surface area contributed by atoms with Crippen molar-refractivity contribution in [2.45, 2.75) is 52.0 Å². The number of nitrogens with zero attached hydrogens (tertiary/aromatic N) is 3. The molecule has 1 fully saturated rings. The van der Waals surface area contributed by atoms with Crippen molar-refractivity contribution in [1.82, 2.24) is 9.78 Å². The zero-order valence-corrected chi connectivity index (χ0v) is 16.0. The number of Topliss-reactive ketones (excluding diaryl/α,β-unsaturated/α-hetero) is 1. The molecule has 2 aromatic rings. The topological polar surface area (TPSA) is 64.4 Å². The fourth-order valence-corrected chi connectivity index (χ4v) is 4.13. The van der Waals surface area contributed by atoms with Crippen LogP contribution in [0.5, 0.6) is 0 Å². The molecule has 26 heavy (non-hydrogen) atoms. The minimum atomic E-state index is -0.318. The van der Waals surface area contributed by atoms with Gasteiger partial charge in [0.15, 0.2) is 0 Å². The minimum absolute atomic E-state index is 0.305. The second kappa shape index (κ2) is 7.48. The van der Waals surface area contributed by atoms with Gasteiger partial charge >= 0.3 is 5.97 Å². The van der Waals surface area contributed by atoms with Crippen LogP contribution in [-0.2, 0) is 23.0 Å². The van der Waals surface area contributed by atoms with E-state index in [9.17, 15) is 9.59 Å². The van der Waals surface area contributed by atoms with Crippen LogP contribution in [0.25, 0.3) is 10.9 Å². The summed E-state index contributed by atoms with van der Waals surface area (Å²) in [6, 6.07) is 2.19. The molecular weight excluding hydrogens is 330 g/mol. The van der Waals surface area contributed by atoms with Crippen LogP contribution in [0, 0.1) is 0 Å². The summed E-state index contributed by atoms with van der Waals surface area (Å²) in [6.45, 7) is 5.01. The lowest BCUT2D eigenvalue weighted by atomic mass is 9.91. The summed E-state index contributed by atoms with van der Waals surface area (Å²) < 4.78 is 6.83. The summed E-state index contributed by atoms with van der Waals surface area (Å²) in [6.07, 6.45) is 5.60. The van der Waals surface area contributed by atoms with E-state index in [-0.39, 0.29) is 5.97 Å². The molecule has 140 valence electrons. The van der Waals surface area contributed by atoms with E-state index in [1.54, 1.807) is 4.68 Å². The van der Waals surface area contributed by atoms with Gasteiger partial charge in [-0.05, 0) is 37.8 Å². The van der Waals surface area contributed by atoms with Gasteiger partial charge in [0.1, 0.15) is 5.78 Å². The molecule has 0 atom stereocenters. The van der Waals surface area contributed by atoms with E-state index in [4.69, 9.17) is 4.74 Å². The van der Waals surface area contributed by atoms with Gasteiger partial charge in [0.2, 0.25) is 0 Å². The third kappa shape index (κ3) is 3.08. The molecule has 1 saturated carbocycles. The molecule has 0 N–H and O–H groups in total. The number of aryl methyl sites for hydroxylation is 1. The van der Waals surface area contributed by atoms with Gasteiger partial charge in [-0.25, -0.2) is 4.79 Å². The van der Waals surface area contributed by atoms with Crippen LogP contribution in [0.2, 0.25) is 0 Å². The van der Waals surface area contributed by atoms with Gasteiger partial charge in [0, 0.05) is 37.9 Å². The van der Waals surface area contributed by atoms with Gasteiger partial charge in [-0.1, -0.05) is 6.92 Å². The van der Waals surface area contributed by atoms with E-state index in [2.05, 4.69) is 23.8 Å². The van der Waals surface area contributed by atoms with Crippen LogP contribution in [0.3, 0.4) is 0 Å². The fourth-order valence-electron chi connectivity index (χ4n) is 4.13. The van der Waals surface area contributed by atoms with E-state index in [1.165, 1.54) is 7.11 Å². The molecule has 6 heteroatoms. The monoisotopic (exact) mass is 357 g/mol. The number of esters is 1. The largest absolute Gasteiger partial charge is 0.465 e. The molecule has 6 nitrogen and oxygen atoms in total. The molecule has 1 aromatic heterocycles. The first-order valence-electron chi connectivity index (χ1n) is 9.36. The Kier molecular flexibility index (Phi) is 5.30. The highest BCUT2D eigenvalue weighted by Crippen LogP contribution is 2.37. The highest BCUT2D eigenvalue weighted by Gasteiger charge is 2.29. The van der Waals surface area contributed by atoms with Gasteiger partial charge in [0.05, 0.1) is 30.1 Å². The maximum atomic E-state index is 12.4. The number of ether oxygens (including phenoxy) is 1. The summed E-state index contributed by atoms with van der Waals surface area (Å²) in [5, 5.41) is 5.47. The molecule has 0 aliphatic heterocycles. The predicted molar refractivity (Wildman–Crippen MR) is 102 cm³/mol. The van der Waals surface area contributed by atoms with E-state index < -0.39 is 0 Å².